The average Bonchev–Trinajstić information content (AvgIpc) is 2.67. The van der Waals surface area contributed by atoms with Gasteiger partial charge in [-0.3, -0.25) is 9.69 Å². The minimum atomic E-state index is -0.489. The lowest BCUT2D eigenvalue weighted by atomic mass is 10.0. The number of para-hydroxylation sites is 2. The zero-order valence-electron chi connectivity index (χ0n) is 17.2. The van der Waals surface area contributed by atoms with Crippen molar-refractivity contribution in [2.24, 2.45) is 0 Å². The van der Waals surface area contributed by atoms with Crippen LogP contribution >= 0.6 is 0 Å². The third-order valence-electron chi connectivity index (χ3n) is 4.44. The molecule has 1 heterocycles. The van der Waals surface area contributed by atoms with E-state index in [-0.39, 0.29) is 25.6 Å². The Morgan fingerprint density at radius 3 is 2.62 bits per heavy atom. The summed E-state index contributed by atoms with van der Waals surface area (Å²) in [6.07, 6.45) is 0. The summed E-state index contributed by atoms with van der Waals surface area (Å²) in [4.78, 5) is 38.6. The van der Waals surface area contributed by atoms with E-state index < -0.39 is 18.0 Å². The molecule has 9 heteroatoms. The molecule has 2 rings (SSSR count). The number of anilines is 1. The van der Waals surface area contributed by atoms with Crippen LogP contribution in [0, 0.1) is 0 Å². The van der Waals surface area contributed by atoms with E-state index in [1.54, 1.807) is 32.0 Å². The van der Waals surface area contributed by atoms with Gasteiger partial charge in [0.05, 0.1) is 37.6 Å². The number of carbonyl (C=O) groups is 3. The van der Waals surface area contributed by atoms with Crippen molar-refractivity contribution in [1.29, 1.82) is 0 Å². The molecule has 0 aliphatic carbocycles. The van der Waals surface area contributed by atoms with Gasteiger partial charge in [0.25, 0.3) is 0 Å². The molecule has 0 saturated heterocycles. The molecule has 3 amide bonds. The average molecular weight is 404 g/mol. The Balaban J connectivity index is 2.13. The van der Waals surface area contributed by atoms with Crippen LogP contribution in [0.4, 0.5) is 10.5 Å². The molecule has 1 unspecified atom stereocenters. The molecule has 3 N–H and O–H groups in total. The molecule has 1 aromatic carbocycles. The van der Waals surface area contributed by atoms with Crippen molar-refractivity contribution in [2.45, 2.75) is 26.8 Å². The SMILES string of the molecule is CCOC(=O)C1=C(CN(CC)CC(=O)Nc2ccccc2OC)NC(=O)NC1C. The van der Waals surface area contributed by atoms with Crippen LogP contribution in [0.2, 0.25) is 0 Å². The topological polar surface area (TPSA) is 109 Å². The van der Waals surface area contributed by atoms with Gasteiger partial charge >= 0.3 is 12.0 Å². The van der Waals surface area contributed by atoms with Gasteiger partial charge in [-0.15, -0.1) is 0 Å². The summed E-state index contributed by atoms with van der Waals surface area (Å²) in [5.74, 6) is -0.157. The molecule has 0 aromatic heterocycles. The molecule has 0 radical (unpaired) electrons. The van der Waals surface area contributed by atoms with Crippen LogP contribution in [-0.4, -0.2) is 62.2 Å². The molecule has 0 bridgehead atoms. The number of nitrogens with one attached hydrogen (secondary N) is 3. The van der Waals surface area contributed by atoms with Crippen molar-refractivity contribution in [3.8, 4) is 5.75 Å². The zero-order chi connectivity index (χ0) is 21.4. The fourth-order valence-electron chi connectivity index (χ4n) is 3.05. The van der Waals surface area contributed by atoms with Gasteiger partial charge in [0.15, 0.2) is 0 Å². The number of rotatable bonds is 9. The highest BCUT2D eigenvalue weighted by molar-refractivity contribution is 5.95. The third-order valence-corrected chi connectivity index (χ3v) is 4.44. The summed E-state index contributed by atoms with van der Waals surface area (Å²) in [5, 5.41) is 8.16. The minimum absolute atomic E-state index is 0.0752. The smallest absolute Gasteiger partial charge is 0.337 e. The number of carbonyl (C=O) groups excluding carboxylic acids is 3. The molecule has 1 atom stereocenters. The fraction of sp³-hybridized carbons (Fsp3) is 0.450. The van der Waals surface area contributed by atoms with Gasteiger partial charge in [-0.05, 0) is 32.5 Å². The van der Waals surface area contributed by atoms with Crippen LogP contribution in [0.3, 0.4) is 0 Å². The maximum atomic E-state index is 12.5. The Morgan fingerprint density at radius 2 is 1.97 bits per heavy atom. The highest BCUT2D eigenvalue weighted by Gasteiger charge is 2.30. The monoisotopic (exact) mass is 404 g/mol. The van der Waals surface area contributed by atoms with E-state index in [0.717, 1.165) is 0 Å². The van der Waals surface area contributed by atoms with Crippen molar-refractivity contribution in [3.63, 3.8) is 0 Å². The minimum Gasteiger partial charge on any atom is -0.495 e. The number of ether oxygens (including phenoxy) is 2. The van der Waals surface area contributed by atoms with Gasteiger partial charge in [-0.2, -0.15) is 0 Å². The number of nitrogens with zero attached hydrogens (tertiary/aromatic N) is 1. The number of amides is 3. The van der Waals surface area contributed by atoms with Crippen molar-refractivity contribution < 1.29 is 23.9 Å². The number of esters is 1. The van der Waals surface area contributed by atoms with Crippen molar-refractivity contribution in [3.05, 3.63) is 35.5 Å². The van der Waals surface area contributed by atoms with Gasteiger partial charge in [0, 0.05) is 12.2 Å². The van der Waals surface area contributed by atoms with Gasteiger partial charge in [0.1, 0.15) is 5.75 Å². The van der Waals surface area contributed by atoms with E-state index in [2.05, 4.69) is 16.0 Å². The Labute approximate surface area is 170 Å². The Hall–Kier alpha value is -3.07. The van der Waals surface area contributed by atoms with Crippen molar-refractivity contribution in [1.82, 2.24) is 15.5 Å². The van der Waals surface area contributed by atoms with Gasteiger partial charge in [-0.1, -0.05) is 19.1 Å². The molecule has 9 nitrogen and oxygen atoms in total. The summed E-state index contributed by atoms with van der Waals surface area (Å²) in [6.45, 7) is 6.40. The second-order valence-electron chi connectivity index (χ2n) is 6.48. The molecular weight excluding hydrogens is 376 g/mol. The molecule has 0 fully saturated rings. The predicted molar refractivity (Wildman–Crippen MR) is 109 cm³/mol. The summed E-state index contributed by atoms with van der Waals surface area (Å²) >= 11 is 0. The number of likely N-dealkylation sites (N-methyl/N-ethyl adjacent to an activating group) is 1. The standard InChI is InChI=1S/C20H28N4O5/c1-5-24(12-17(25)22-14-9-7-8-10-16(14)28-4)11-15-18(19(26)29-6-2)13(3)21-20(27)23-15/h7-10,13H,5-6,11-12H2,1-4H3,(H,22,25)(H2,21,23,27). The first-order chi connectivity index (χ1) is 13.9. The molecule has 1 aromatic rings. The van der Waals surface area contributed by atoms with Crippen LogP contribution < -0.4 is 20.7 Å². The summed E-state index contributed by atoms with van der Waals surface area (Å²) in [6, 6.07) is 6.25. The van der Waals surface area contributed by atoms with Crippen LogP contribution in [0.5, 0.6) is 5.75 Å². The van der Waals surface area contributed by atoms with Gasteiger partial charge < -0.3 is 25.4 Å². The second-order valence-corrected chi connectivity index (χ2v) is 6.48. The van der Waals surface area contributed by atoms with Crippen LogP contribution in [-0.2, 0) is 14.3 Å². The van der Waals surface area contributed by atoms with E-state index in [4.69, 9.17) is 9.47 Å². The highest BCUT2D eigenvalue weighted by Crippen LogP contribution is 2.23. The molecule has 158 valence electrons. The number of hydrogen-bond donors (Lipinski definition) is 3. The Morgan fingerprint density at radius 1 is 1.24 bits per heavy atom. The molecule has 29 heavy (non-hydrogen) atoms. The third kappa shape index (κ3) is 5.95. The molecule has 0 saturated carbocycles. The lowest BCUT2D eigenvalue weighted by molar-refractivity contribution is -0.139. The van der Waals surface area contributed by atoms with Crippen molar-refractivity contribution >= 4 is 23.6 Å². The normalized spacial score (nSPS) is 16.2. The number of benzene rings is 1. The van der Waals surface area contributed by atoms with E-state index in [9.17, 15) is 14.4 Å². The molecular formula is C20H28N4O5. The fourth-order valence-corrected chi connectivity index (χ4v) is 3.05. The zero-order valence-corrected chi connectivity index (χ0v) is 17.2. The van der Waals surface area contributed by atoms with E-state index in [0.29, 0.717) is 29.3 Å². The Kier molecular flexibility index (Phi) is 8.02. The lowest BCUT2D eigenvalue weighted by Crippen LogP contribution is -2.51. The van der Waals surface area contributed by atoms with Gasteiger partial charge in [0.2, 0.25) is 5.91 Å². The Bertz CT molecular complexity index is 793. The molecule has 0 spiro atoms. The lowest BCUT2D eigenvalue weighted by Gasteiger charge is -2.29. The largest absolute Gasteiger partial charge is 0.495 e. The second kappa shape index (κ2) is 10.5. The van der Waals surface area contributed by atoms with Crippen LogP contribution in [0.1, 0.15) is 20.8 Å². The quantitative estimate of drug-likeness (QED) is 0.538. The van der Waals surface area contributed by atoms with Crippen LogP contribution in [0.15, 0.2) is 35.5 Å². The number of methoxy groups -OCH3 is 1. The van der Waals surface area contributed by atoms with Crippen LogP contribution in [0.25, 0.3) is 0 Å². The number of hydrogen-bond acceptors (Lipinski definition) is 6. The first-order valence-corrected chi connectivity index (χ1v) is 9.52. The van der Waals surface area contributed by atoms with E-state index in [1.807, 2.05) is 17.9 Å². The summed E-state index contributed by atoms with van der Waals surface area (Å²) in [5.41, 5.74) is 1.37. The number of urea groups is 1. The van der Waals surface area contributed by atoms with E-state index >= 15 is 0 Å². The summed E-state index contributed by atoms with van der Waals surface area (Å²) < 4.78 is 10.4. The maximum absolute atomic E-state index is 12.5. The highest BCUT2D eigenvalue weighted by atomic mass is 16.5. The summed E-state index contributed by atoms with van der Waals surface area (Å²) in [7, 11) is 1.54. The predicted octanol–water partition coefficient (Wildman–Crippen LogP) is 1.47. The molecule has 1 aliphatic rings. The maximum Gasteiger partial charge on any atom is 0.337 e. The van der Waals surface area contributed by atoms with Gasteiger partial charge in [-0.25, -0.2) is 9.59 Å². The first-order valence-electron chi connectivity index (χ1n) is 9.52. The first kappa shape index (κ1) is 22.2. The molecule has 1 aliphatic heterocycles. The van der Waals surface area contributed by atoms with E-state index in [1.165, 1.54) is 7.11 Å². The van der Waals surface area contributed by atoms with Crippen molar-refractivity contribution in [2.75, 3.05) is 38.7 Å².